The van der Waals surface area contributed by atoms with Crippen molar-refractivity contribution >= 4 is 29.3 Å². The topological polar surface area (TPSA) is 81.7 Å². The third-order valence-electron chi connectivity index (χ3n) is 4.52. The van der Waals surface area contributed by atoms with Crippen molar-refractivity contribution in [2.24, 2.45) is 0 Å². The third kappa shape index (κ3) is 4.93. The van der Waals surface area contributed by atoms with Crippen LogP contribution in [0.15, 0.2) is 34.7 Å². The average molecular weight is 482 g/mol. The van der Waals surface area contributed by atoms with Crippen LogP contribution in [0.5, 0.6) is 0 Å². The van der Waals surface area contributed by atoms with Crippen molar-refractivity contribution in [3.8, 4) is 0 Å². The van der Waals surface area contributed by atoms with Crippen molar-refractivity contribution in [3.05, 3.63) is 56.6 Å². The Hall–Kier alpha value is -2.95. The first-order chi connectivity index (χ1) is 14.8. The first-order valence-electron chi connectivity index (χ1n) is 8.91. The molecule has 1 aromatic carbocycles. The van der Waals surface area contributed by atoms with E-state index in [0.717, 1.165) is 14.0 Å². The highest BCUT2D eigenvalue weighted by Gasteiger charge is 2.46. The maximum Gasteiger partial charge on any atom is 0.418 e. The van der Waals surface area contributed by atoms with E-state index in [1.165, 1.54) is 6.92 Å². The van der Waals surface area contributed by atoms with E-state index in [4.69, 9.17) is 16.3 Å². The van der Waals surface area contributed by atoms with E-state index >= 15 is 0 Å². The number of ether oxygens (including phenoxy) is 2. The molecule has 1 aliphatic heterocycles. The van der Waals surface area contributed by atoms with Crippen LogP contribution in [-0.2, 0) is 30.0 Å². The van der Waals surface area contributed by atoms with Gasteiger partial charge in [0.05, 0.1) is 40.5 Å². The lowest BCUT2D eigenvalue weighted by molar-refractivity contribution is -0.144. The molecule has 1 atom stereocenters. The second-order valence-corrected chi connectivity index (χ2v) is 7.12. The Morgan fingerprint density at radius 1 is 1.16 bits per heavy atom. The molecule has 0 saturated carbocycles. The van der Waals surface area contributed by atoms with Crippen molar-refractivity contribution in [2.75, 3.05) is 20.4 Å². The number of hydrogen-bond donors (Lipinski definition) is 1. The van der Waals surface area contributed by atoms with Gasteiger partial charge in [0.25, 0.3) is 0 Å². The monoisotopic (exact) mass is 481 g/mol. The normalized spacial score (nSPS) is 16.6. The van der Waals surface area contributed by atoms with Crippen LogP contribution in [-0.4, -0.2) is 38.1 Å². The second kappa shape index (κ2) is 9.68. The molecular weight excluding hydrogens is 465 g/mol. The number of alkyl halides is 4. The number of esters is 2. The van der Waals surface area contributed by atoms with Crippen LogP contribution in [0, 0.1) is 5.82 Å². The molecule has 0 radical (unpaired) electrons. The summed E-state index contributed by atoms with van der Waals surface area (Å²) in [5.74, 6) is -6.77. The maximum atomic E-state index is 14.9. The Labute approximate surface area is 184 Å². The van der Waals surface area contributed by atoms with E-state index in [9.17, 15) is 36.3 Å². The molecule has 0 amide bonds. The maximum absolute atomic E-state index is 14.9. The minimum Gasteiger partial charge on any atom is -0.466 e. The number of nitrogens with one attached hydrogen (secondary N) is 1. The largest absolute Gasteiger partial charge is 0.466 e. The van der Waals surface area contributed by atoms with Crippen molar-refractivity contribution in [1.82, 2.24) is 5.32 Å². The van der Waals surface area contributed by atoms with Gasteiger partial charge in [-0.1, -0.05) is 11.6 Å². The molecule has 1 aromatic rings. The number of methoxy groups -OCH3 is 1. The number of carbonyl (C=O) groups excluding carboxylic acids is 3. The van der Waals surface area contributed by atoms with E-state index in [2.05, 4.69) is 10.1 Å². The average Bonchev–Trinajstić information content (AvgIpc) is 2.71. The molecule has 0 spiro atoms. The summed E-state index contributed by atoms with van der Waals surface area (Å²) in [5.41, 5.74) is -5.01. The summed E-state index contributed by atoms with van der Waals surface area (Å²) in [6, 6.07) is 1.28. The van der Waals surface area contributed by atoms with Crippen LogP contribution in [0.4, 0.5) is 22.0 Å². The van der Waals surface area contributed by atoms with Gasteiger partial charge in [-0.25, -0.2) is 18.4 Å². The Morgan fingerprint density at radius 3 is 2.28 bits per heavy atom. The summed E-state index contributed by atoms with van der Waals surface area (Å²) in [5, 5.41) is 1.49. The number of dihydropyridines is 1. The van der Waals surface area contributed by atoms with Gasteiger partial charge in [-0.3, -0.25) is 4.79 Å². The zero-order valence-corrected chi connectivity index (χ0v) is 17.7. The molecule has 1 heterocycles. The fraction of sp³-hybridized carbons (Fsp3) is 0.350. The molecule has 0 saturated heterocycles. The Morgan fingerprint density at radius 2 is 1.78 bits per heavy atom. The number of rotatable bonds is 6. The SMILES string of the molecule is COC(=O)C1=C(CF)NC(C)=C(C(=O)OCC(C)=O)C1c1c(F)ccc(Cl)c1C(F)(F)F. The van der Waals surface area contributed by atoms with Gasteiger partial charge in [-0.2, -0.15) is 13.2 Å². The highest BCUT2D eigenvalue weighted by molar-refractivity contribution is 6.31. The summed E-state index contributed by atoms with van der Waals surface area (Å²) < 4.78 is 79.6. The Bertz CT molecular complexity index is 1030. The number of benzene rings is 1. The summed E-state index contributed by atoms with van der Waals surface area (Å²) >= 11 is 5.72. The molecule has 6 nitrogen and oxygen atoms in total. The van der Waals surface area contributed by atoms with Crippen LogP contribution >= 0.6 is 11.6 Å². The molecule has 2 rings (SSSR count). The smallest absolute Gasteiger partial charge is 0.418 e. The summed E-state index contributed by atoms with van der Waals surface area (Å²) in [6.45, 7) is 0.165. The van der Waals surface area contributed by atoms with Crippen molar-refractivity contribution in [1.29, 1.82) is 0 Å². The van der Waals surface area contributed by atoms with E-state index in [1.807, 2.05) is 0 Å². The lowest BCUT2D eigenvalue weighted by Gasteiger charge is -2.32. The highest BCUT2D eigenvalue weighted by atomic mass is 35.5. The zero-order valence-electron chi connectivity index (χ0n) is 17.0. The van der Waals surface area contributed by atoms with E-state index in [0.29, 0.717) is 12.1 Å². The summed E-state index contributed by atoms with van der Waals surface area (Å²) in [6.07, 6.45) is -5.21. The Balaban J connectivity index is 2.93. The molecule has 32 heavy (non-hydrogen) atoms. The van der Waals surface area contributed by atoms with Crippen LogP contribution < -0.4 is 5.32 Å². The van der Waals surface area contributed by atoms with Gasteiger partial charge in [-0.05, 0) is 26.0 Å². The van der Waals surface area contributed by atoms with Crippen LogP contribution in [0.3, 0.4) is 0 Å². The number of halogens is 6. The first kappa shape index (κ1) is 25.3. The standard InChI is InChI=1S/C20H17ClF5NO5/c1-8(28)7-32-19(30)13-9(2)27-12(6-22)15(18(29)31-3)16(13)14-11(23)5-4-10(21)17(14)20(24,25)26/h4-5,16,27H,6-7H2,1-3H3. The molecule has 1 N–H and O–H groups in total. The minimum atomic E-state index is -5.21. The van der Waals surface area contributed by atoms with Gasteiger partial charge in [0.1, 0.15) is 19.1 Å². The van der Waals surface area contributed by atoms with E-state index in [1.54, 1.807) is 0 Å². The van der Waals surface area contributed by atoms with Crippen molar-refractivity contribution in [2.45, 2.75) is 25.9 Å². The molecule has 1 unspecified atom stereocenters. The molecule has 174 valence electrons. The van der Waals surface area contributed by atoms with Gasteiger partial charge in [0.2, 0.25) is 0 Å². The number of ketones is 1. The van der Waals surface area contributed by atoms with Gasteiger partial charge in [-0.15, -0.1) is 0 Å². The number of hydrogen-bond acceptors (Lipinski definition) is 6. The summed E-state index contributed by atoms with van der Waals surface area (Å²) in [4.78, 5) is 36.4. The van der Waals surface area contributed by atoms with Crippen molar-refractivity contribution < 1.29 is 45.8 Å². The van der Waals surface area contributed by atoms with Gasteiger partial charge < -0.3 is 14.8 Å². The van der Waals surface area contributed by atoms with Gasteiger partial charge >= 0.3 is 18.1 Å². The van der Waals surface area contributed by atoms with E-state index in [-0.39, 0.29) is 5.70 Å². The first-order valence-corrected chi connectivity index (χ1v) is 9.29. The molecule has 0 fully saturated rings. The van der Waals surface area contributed by atoms with Crippen LogP contribution in [0.2, 0.25) is 5.02 Å². The van der Waals surface area contributed by atoms with Crippen molar-refractivity contribution in [3.63, 3.8) is 0 Å². The fourth-order valence-corrected chi connectivity index (χ4v) is 3.57. The number of carbonyl (C=O) groups is 3. The zero-order chi connectivity index (χ0) is 24.4. The third-order valence-corrected chi connectivity index (χ3v) is 4.84. The molecule has 0 aromatic heterocycles. The van der Waals surface area contributed by atoms with Crippen LogP contribution in [0.25, 0.3) is 0 Å². The lowest BCUT2D eigenvalue weighted by atomic mass is 9.78. The lowest BCUT2D eigenvalue weighted by Crippen LogP contribution is -2.35. The van der Waals surface area contributed by atoms with Gasteiger partial charge in [0.15, 0.2) is 5.78 Å². The molecular formula is C20H17ClF5NO5. The molecule has 0 bridgehead atoms. The predicted molar refractivity (Wildman–Crippen MR) is 102 cm³/mol. The minimum absolute atomic E-state index is 0.212. The van der Waals surface area contributed by atoms with Gasteiger partial charge in [0, 0.05) is 11.3 Å². The highest BCUT2D eigenvalue weighted by Crippen LogP contribution is 2.47. The summed E-state index contributed by atoms with van der Waals surface area (Å²) in [7, 11) is 0.875. The second-order valence-electron chi connectivity index (χ2n) is 6.71. The van der Waals surface area contributed by atoms with E-state index < -0.39 is 81.9 Å². The fourth-order valence-electron chi connectivity index (χ4n) is 3.29. The molecule has 1 aliphatic rings. The Kier molecular flexibility index (Phi) is 7.66. The number of allylic oxidation sites excluding steroid dienone is 2. The quantitative estimate of drug-likeness (QED) is 0.489. The predicted octanol–water partition coefficient (Wildman–Crippen LogP) is 3.99. The van der Waals surface area contributed by atoms with Crippen LogP contribution in [0.1, 0.15) is 30.9 Å². The number of Topliss-reactive ketones (excluding diaryl/α,β-unsaturated/α-hetero) is 1. The molecule has 0 aliphatic carbocycles. The molecule has 12 heteroatoms.